The lowest BCUT2D eigenvalue weighted by Crippen LogP contribution is -2.36. The highest BCUT2D eigenvalue weighted by Crippen LogP contribution is 2.33. The number of hydroxylamine groups is 1. The van der Waals surface area contributed by atoms with Crippen molar-refractivity contribution in [3.8, 4) is 5.75 Å². The van der Waals surface area contributed by atoms with Gasteiger partial charge in [-0.15, -0.1) is 0 Å². The zero-order valence-corrected chi connectivity index (χ0v) is 16.3. The zero-order chi connectivity index (χ0) is 18.7. The molecule has 5 nitrogen and oxygen atoms in total. The van der Waals surface area contributed by atoms with Crippen molar-refractivity contribution in [2.24, 2.45) is 5.92 Å². The molecule has 0 aliphatic heterocycles. The average molecular weight is 336 g/mol. The molecule has 1 rings (SSSR count). The van der Waals surface area contributed by atoms with Gasteiger partial charge in [-0.3, -0.25) is 0 Å². The molecular weight excluding hydrogens is 304 g/mol. The van der Waals surface area contributed by atoms with Gasteiger partial charge in [0.25, 0.3) is 5.69 Å². The molecule has 0 amide bonds. The minimum absolute atomic E-state index is 0.411. The predicted molar refractivity (Wildman–Crippen MR) is 100 cm³/mol. The summed E-state index contributed by atoms with van der Waals surface area (Å²) in [6, 6.07) is 5.05. The molecule has 0 heterocycles. The second-order valence-corrected chi connectivity index (χ2v) is 8.44. The lowest BCUT2D eigenvalue weighted by molar-refractivity contribution is -0.540. The van der Waals surface area contributed by atoms with Gasteiger partial charge in [0.05, 0.1) is 12.7 Å². The third-order valence-electron chi connectivity index (χ3n) is 3.80. The van der Waals surface area contributed by atoms with Crippen LogP contribution in [-0.2, 0) is 0 Å². The average Bonchev–Trinajstić information content (AvgIpc) is 2.48. The van der Waals surface area contributed by atoms with Crippen LogP contribution in [0, 0.1) is 16.0 Å². The van der Waals surface area contributed by atoms with Crippen LogP contribution in [-0.4, -0.2) is 22.4 Å². The van der Waals surface area contributed by atoms with Crippen molar-refractivity contribution in [1.82, 2.24) is 0 Å². The van der Waals surface area contributed by atoms with E-state index in [0.717, 1.165) is 16.2 Å². The fraction of sp³-hybridized carbons (Fsp3) is 0.684. The van der Waals surface area contributed by atoms with E-state index in [9.17, 15) is 10.1 Å². The van der Waals surface area contributed by atoms with Crippen molar-refractivity contribution in [1.29, 1.82) is 0 Å². The van der Waals surface area contributed by atoms with Gasteiger partial charge >= 0.3 is 0 Å². The lowest BCUT2D eigenvalue weighted by atomic mass is 10.1. The fourth-order valence-corrected chi connectivity index (χ4v) is 2.02. The van der Waals surface area contributed by atoms with E-state index in [0.29, 0.717) is 29.6 Å². The highest BCUT2D eigenvalue weighted by molar-refractivity contribution is 5.59. The zero-order valence-electron chi connectivity index (χ0n) is 16.3. The molecule has 1 atom stereocenters. The number of hydrogen-bond donors (Lipinski definition) is 0. The summed E-state index contributed by atoms with van der Waals surface area (Å²) in [4.78, 5) is 12.6. The van der Waals surface area contributed by atoms with Crippen LogP contribution in [0.5, 0.6) is 5.75 Å². The molecule has 0 bridgehead atoms. The van der Waals surface area contributed by atoms with E-state index in [1.54, 1.807) is 18.2 Å². The van der Waals surface area contributed by atoms with Crippen molar-refractivity contribution in [3.63, 3.8) is 0 Å². The van der Waals surface area contributed by atoms with E-state index in [1.807, 2.05) is 41.5 Å². The van der Waals surface area contributed by atoms with E-state index in [2.05, 4.69) is 13.8 Å². The molecule has 0 unspecified atom stereocenters. The van der Waals surface area contributed by atoms with Crippen LogP contribution in [0.3, 0.4) is 0 Å². The van der Waals surface area contributed by atoms with Crippen LogP contribution in [0.1, 0.15) is 61.8 Å². The largest absolute Gasteiger partial charge is 0.758 e. The first-order valence-electron chi connectivity index (χ1n) is 8.59. The lowest BCUT2D eigenvalue weighted by Gasteiger charge is -2.43. The van der Waals surface area contributed by atoms with Gasteiger partial charge in [0, 0.05) is 53.8 Å². The SMILES string of the molecule is CC[C@@H](C)COc1cc(N([O-])C(C)(C)C)cc([N+](=O)C(C)(C)C)c1. The van der Waals surface area contributed by atoms with Crippen LogP contribution in [0.4, 0.5) is 11.4 Å². The summed E-state index contributed by atoms with van der Waals surface area (Å²) in [6.45, 7) is 15.8. The number of ether oxygens (including phenoxy) is 1. The van der Waals surface area contributed by atoms with Gasteiger partial charge < -0.3 is 15.0 Å². The Morgan fingerprint density at radius 3 is 2.21 bits per heavy atom. The minimum Gasteiger partial charge on any atom is -0.758 e. The van der Waals surface area contributed by atoms with Crippen LogP contribution in [0.25, 0.3) is 0 Å². The molecular formula is C19H32N2O3. The molecule has 1 aromatic rings. The molecule has 0 radical (unpaired) electrons. The molecule has 0 aliphatic rings. The first kappa shape index (κ1) is 20.4. The van der Waals surface area contributed by atoms with E-state index >= 15 is 0 Å². The summed E-state index contributed by atoms with van der Waals surface area (Å²) >= 11 is 0. The first-order valence-corrected chi connectivity index (χ1v) is 8.59. The van der Waals surface area contributed by atoms with Gasteiger partial charge in [-0.1, -0.05) is 20.3 Å². The van der Waals surface area contributed by atoms with Gasteiger partial charge in [-0.2, -0.15) is 0 Å². The highest BCUT2D eigenvalue weighted by Gasteiger charge is 2.32. The number of nitrogens with zero attached hydrogens (tertiary/aromatic N) is 2. The van der Waals surface area contributed by atoms with Crippen LogP contribution in [0.2, 0.25) is 0 Å². The van der Waals surface area contributed by atoms with Crippen molar-refractivity contribution < 1.29 is 9.50 Å². The highest BCUT2D eigenvalue weighted by atomic mass is 16.5. The third kappa shape index (κ3) is 5.48. The maximum absolute atomic E-state index is 12.6. The van der Waals surface area contributed by atoms with Crippen LogP contribution < -0.4 is 9.80 Å². The van der Waals surface area contributed by atoms with Crippen LogP contribution >= 0.6 is 0 Å². The maximum atomic E-state index is 12.6. The summed E-state index contributed by atoms with van der Waals surface area (Å²) < 4.78 is 6.75. The van der Waals surface area contributed by atoms with Crippen molar-refractivity contribution in [2.75, 3.05) is 11.7 Å². The molecule has 24 heavy (non-hydrogen) atoms. The Morgan fingerprint density at radius 1 is 1.17 bits per heavy atom. The molecule has 5 heteroatoms. The van der Waals surface area contributed by atoms with E-state index in [1.165, 1.54) is 0 Å². The molecule has 0 saturated carbocycles. The van der Waals surface area contributed by atoms with Gasteiger partial charge in [0.15, 0.2) is 0 Å². The van der Waals surface area contributed by atoms with Crippen LogP contribution in [0.15, 0.2) is 18.2 Å². The molecule has 0 saturated heterocycles. The second-order valence-electron chi connectivity index (χ2n) is 8.44. The first-order chi connectivity index (χ1) is 10.9. The van der Waals surface area contributed by atoms with Gasteiger partial charge in [0.1, 0.15) is 5.75 Å². The Labute approximate surface area is 146 Å². The number of hydrogen-bond acceptors (Lipinski definition) is 4. The number of benzene rings is 1. The number of rotatable bonds is 6. The Hall–Kier alpha value is -1.62. The summed E-state index contributed by atoms with van der Waals surface area (Å²) in [6.07, 6.45) is 1.01. The molecule has 0 fully saturated rings. The molecule has 0 N–H and O–H groups in total. The topological polar surface area (TPSA) is 55.6 Å². The third-order valence-corrected chi connectivity index (χ3v) is 3.80. The summed E-state index contributed by atoms with van der Waals surface area (Å²) in [5.41, 5.74) is -0.321. The van der Waals surface area contributed by atoms with E-state index < -0.39 is 11.1 Å². The Balaban J connectivity index is 3.26. The van der Waals surface area contributed by atoms with Crippen molar-refractivity contribution in [2.45, 2.75) is 72.9 Å². The summed E-state index contributed by atoms with van der Waals surface area (Å²) in [5.74, 6) is 0.965. The van der Waals surface area contributed by atoms with Gasteiger partial charge in [0.2, 0.25) is 5.54 Å². The van der Waals surface area contributed by atoms with Gasteiger partial charge in [-0.25, -0.2) is 0 Å². The predicted octanol–water partition coefficient (Wildman–Crippen LogP) is 5.42. The van der Waals surface area contributed by atoms with E-state index in [4.69, 9.17) is 4.74 Å². The monoisotopic (exact) mass is 336 g/mol. The number of anilines is 1. The Kier molecular flexibility index (Phi) is 6.39. The smallest absolute Gasteiger partial charge is 0.262 e. The van der Waals surface area contributed by atoms with Crippen molar-refractivity contribution >= 4 is 11.4 Å². The number of nitroso groups, excluding NO2 is 1. The maximum Gasteiger partial charge on any atom is 0.262 e. The Bertz CT molecular complexity index is 571. The minimum atomic E-state index is -0.595. The summed E-state index contributed by atoms with van der Waals surface area (Å²) in [7, 11) is 0. The standard InChI is InChI=1S/C19H32N2O3/c1-9-14(2)13-24-17-11-15(20(22)18(3,4)5)10-16(12-17)21(23)19(6,7)8/h10-12,14H,9,13H2,1-8H3/t14-/m1/s1. The van der Waals surface area contributed by atoms with E-state index in [-0.39, 0.29) is 0 Å². The molecule has 136 valence electrons. The molecule has 0 aromatic heterocycles. The summed E-state index contributed by atoms with van der Waals surface area (Å²) in [5, 5.41) is 13.5. The fourth-order valence-electron chi connectivity index (χ4n) is 2.02. The van der Waals surface area contributed by atoms with Gasteiger partial charge in [-0.05, 0) is 26.7 Å². The second kappa shape index (κ2) is 7.51. The Morgan fingerprint density at radius 2 is 1.75 bits per heavy atom. The quantitative estimate of drug-likeness (QED) is 0.514. The molecule has 1 aromatic carbocycles. The normalized spacial score (nSPS) is 13.5. The molecule has 0 spiro atoms. The van der Waals surface area contributed by atoms with Crippen molar-refractivity contribution in [3.05, 3.63) is 28.3 Å². The molecule has 0 aliphatic carbocycles.